The van der Waals surface area contributed by atoms with E-state index in [1.165, 1.54) is 11.0 Å². The lowest BCUT2D eigenvalue weighted by molar-refractivity contribution is -0.145. The van der Waals surface area contributed by atoms with Gasteiger partial charge in [0.1, 0.15) is 11.9 Å². The third-order valence-electron chi connectivity index (χ3n) is 6.61. The van der Waals surface area contributed by atoms with Gasteiger partial charge in [0.05, 0.1) is 18.7 Å². The van der Waals surface area contributed by atoms with Crippen molar-refractivity contribution < 1.29 is 18.8 Å². The van der Waals surface area contributed by atoms with Gasteiger partial charge >= 0.3 is 0 Å². The molecule has 2 aliphatic rings. The van der Waals surface area contributed by atoms with Crippen LogP contribution < -0.4 is 15.5 Å². The second-order valence-corrected chi connectivity index (χ2v) is 9.18. The summed E-state index contributed by atoms with van der Waals surface area (Å²) in [5.74, 6) is -1.05. The fraction of sp³-hybridized carbons (Fsp3) is 0.423. The van der Waals surface area contributed by atoms with Gasteiger partial charge in [0.2, 0.25) is 17.7 Å². The van der Waals surface area contributed by atoms with E-state index in [0.29, 0.717) is 50.6 Å². The highest BCUT2D eigenvalue weighted by molar-refractivity contribution is 5.98. The van der Waals surface area contributed by atoms with E-state index in [-0.39, 0.29) is 36.5 Å². The lowest BCUT2D eigenvalue weighted by Crippen LogP contribution is -2.60. The zero-order valence-corrected chi connectivity index (χ0v) is 20.2. The number of nitrogens with one attached hydrogen (secondary N) is 2. The Hall–Kier alpha value is -3.46. The number of carbonyl (C=O) groups is 3. The second kappa shape index (κ2) is 10.9. The predicted molar refractivity (Wildman–Crippen MR) is 133 cm³/mol. The van der Waals surface area contributed by atoms with Crippen molar-refractivity contribution in [3.05, 3.63) is 59.4 Å². The van der Waals surface area contributed by atoms with Crippen molar-refractivity contribution in [3.63, 3.8) is 0 Å². The molecular weight excluding hydrogens is 449 g/mol. The van der Waals surface area contributed by atoms with E-state index in [4.69, 9.17) is 0 Å². The maximum atomic E-state index is 14.1. The number of amides is 3. The number of piperazine rings is 2. The molecule has 0 bridgehead atoms. The average molecular weight is 482 g/mol. The van der Waals surface area contributed by atoms with Gasteiger partial charge in [-0.1, -0.05) is 29.8 Å². The van der Waals surface area contributed by atoms with Crippen molar-refractivity contribution in [3.8, 4) is 0 Å². The summed E-state index contributed by atoms with van der Waals surface area (Å²) in [4.78, 5) is 44.0. The summed E-state index contributed by atoms with van der Waals surface area (Å²) >= 11 is 0. The summed E-state index contributed by atoms with van der Waals surface area (Å²) in [5, 5.41) is 5.64. The maximum absolute atomic E-state index is 14.1. The molecule has 2 aromatic rings. The van der Waals surface area contributed by atoms with Crippen LogP contribution in [0.25, 0.3) is 0 Å². The normalized spacial score (nSPS) is 18.8. The van der Waals surface area contributed by atoms with E-state index in [2.05, 4.69) is 10.6 Å². The van der Waals surface area contributed by atoms with Crippen LogP contribution in [0.2, 0.25) is 0 Å². The predicted octanol–water partition coefficient (Wildman–Crippen LogP) is 1.92. The van der Waals surface area contributed by atoms with Gasteiger partial charge in [0.15, 0.2) is 0 Å². The van der Waals surface area contributed by atoms with Gasteiger partial charge < -0.3 is 20.4 Å². The Kier molecular flexibility index (Phi) is 7.65. The van der Waals surface area contributed by atoms with Gasteiger partial charge in [-0.15, -0.1) is 0 Å². The molecule has 0 aromatic heterocycles. The van der Waals surface area contributed by atoms with E-state index in [1.54, 1.807) is 12.1 Å². The van der Waals surface area contributed by atoms with Gasteiger partial charge in [-0.2, -0.15) is 0 Å². The van der Waals surface area contributed by atoms with Crippen molar-refractivity contribution in [1.29, 1.82) is 0 Å². The number of carbonyl (C=O) groups excluding carboxylic acids is 3. The van der Waals surface area contributed by atoms with Crippen molar-refractivity contribution in [2.45, 2.75) is 26.3 Å². The van der Waals surface area contributed by atoms with Gasteiger partial charge in [-0.3, -0.25) is 19.3 Å². The first-order valence-electron chi connectivity index (χ1n) is 12.0. The minimum Gasteiger partial charge on any atom is -0.367 e. The first-order chi connectivity index (χ1) is 16.8. The molecule has 2 heterocycles. The lowest BCUT2D eigenvalue weighted by atomic mass is 10.1. The molecule has 1 unspecified atom stereocenters. The fourth-order valence-electron chi connectivity index (χ4n) is 4.68. The summed E-state index contributed by atoms with van der Waals surface area (Å²) in [7, 11) is 0. The molecule has 186 valence electrons. The van der Waals surface area contributed by atoms with Crippen LogP contribution in [0.15, 0.2) is 42.5 Å². The number of para-hydroxylation sites is 1. The minimum absolute atomic E-state index is 0.105. The third kappa shape index (κ3) is 5.97. The minimum atomic E-state index is -0.846. The Bertz CT molecular complexity index is 1100. The van der Waals surface area contributed by atoms with Crippen molar-refractivity contribution in [1.82, 2.24) is 15.1 Å². The monoisotopic (exact) mass is 481 g/mol. The van der Waals surface area contributed by atoms with Gasteiger partial charge in [0, 0.05) is 45.0 Å². The molecule has 0 saturated carbocycles. The second-order valence-electron chi connectivity index (χ2n) is 9.18. The van der Waals surface area contributed by atoms with Crippen LogP contribution in [0.3, 0.4) is 0 Å². The van der Waals surface area contributed by atoms with Crippen molar-refractivity contribution in [2.75, 3.05) is 56.0 Å². The van der Waals surface area contributed by atoms with Gasteiger partial charge in [-0.25, -0.2) is 4.39 Å². The van der Waals surface area contributed by atoms with Crippen LogP contribution in [-0.4, -0.2) is 79.4 Å². The highest BCUT2D eigenvalue weighted by Crippen LogP contribution is 2.21. The molecule has 0 radical (unpaired) electrons. The lowest BCUT2D eigenvalue weighted by Gasteiger charge is -2.39. The van der Waals surface area contributed by atoms with Gasteiger partial charge in [0.25, 0.3) is 0 Å². The molecule has 0 aliphatic carbocycles. The Labute approximate surface area is 205 Å². The largest absolute Gasteiger partial charge is 0.367 e. The molecular formula is C26H32FN5O3. The van der Waals surface area contributed by atoms with Crippen LogP contribution in [0, 0.1) is 19.7 Å². The zero-order chi connectivity index (χ0) is 24.9. The molecule has 35 heavy (non-hydrogen) atoms. The summed E-state index contributed by atoms with van der Waals surface area (Å²) in [6, 6.07) is 11.6. The number of anilines is 2. The number of halogens is 1. The first kappa shape index (κ1) is 24.7. The summed E-state index contributed by atoms with van der Waals surface area (Å²) < 4.78 is 14.1. The number of benzene rings is 2. The number of hydrogen-bond donors (Lipinski definition) is 2. The molecule has 1 atom stereocenters. The Morgan fingerprint density at radius 3 is 2.51 bits per heavy atom. The van der Waals surface area contributed by atoms with Crippen LogP contribution in [0.5, 0.6) is 0 Å². The smallest absolute Gasteiger partial charge is 0.243 e. The molecule has 0 spiro atoms. The van der Waals surface area contributed by atoms with E-state index in [0.717, 1.165) is 11.1 Å². The quantitative estimate of drug-likeness (QED) is 0.659. The molecule has 8 nitrogen and oxygen atoms in total. The zero-order valence-electron chi connectivity index (χ0n) is 20.2. The van der Waals surface area contributed by atoms with Crippen molar-refractivity contribution >= 4 is 29.1 Å². The fourth-order valence-corrected chi connectivity index (χ4v) is 4.68. The molecule has 2 N–H and O–H groups in total. The summed E-state index contributed by atoms with van der Waals surface area (Å²) in [5.41, 5.74) is 3.30. The molecule has 9 heteroatoms. The molecule has 2 aliphatic heterocycles. The van der Waals surface area contributed by atoms with E-state index < -0.39 is 6.04 Å². The molecule has 2 saturated heterocycles. The van der Waals surface area contributed by atoms with Crippen LogP contribution in [0.1, 0.15) is 17.5 Å². The SMILES string of the molecule is Cc1ccc(NC(=O)CC2C(=O)NCCN2C(=O)CN2CCN(c3ccccc3F)CC2)c(C)c1. The van der Waals surface area contributed by atoms with Gasteiger partial charge in [-0.05, 0) is 37.6 Å². The number of hydrogen-bond acceptors (Lipinski definition) is 5. The highest BCUT2D eigenvalue weighted by atomic mass is 19.1. The molecule has 2 fully saturated rings. The number of aryl methyl sites for hydroxylation is 2. The topological polar surface area (TPSA) is 85.0 Å². The molecule has 4 rings (SSSR count). The van der Waals surface area contributed by atoms with Crippen LogP contribution >= 0.6 is 0 Å². The molecule has 3 amide bonds. The van der Waals surface area contributed by atoms with E-state index in [9.17, 15) is 18.8 Å². The van der Waals surface area contributed by atoms with E-state index >= 15 is 0 Å². The maximum Gasteiger partial charge on any atom is 0.243 e. The Morgan fingerprint density at radius 1 is 1.06 bits per heavy atom. The number of rotatable bonds is 6. The first-order valence-corrected chi connectivity index (χ1v) is 12.0. The summed E-state index contributed by atoms with van der Waals surface area (Å²) in [6.45, 7) is 7.21. The summed E-state index contributed by atoms with van der Waals surface area (Å²) in [6.07, 6.45) is -0.105. The molecule has 2 aromatic carbocycles. The van der Waals surface area contributed by atoms with Crippen molar-refractivity contribution in [2.24, 2.45) is 0 Å². The Balaban J connectivity index is 1.34. The third-order valence-corrected chi connectivity index (χ3v) is 6.61. The standard InChI is InChI=1S/C26H32FN5O3/c1-18-7-8-21(19(2)15-18)29-24(33)16-23-26(35)28-9-10-32(23)25(34)17-30-11-13-31(14-12-30)22-6-4-3-5-20(22)27/h3-8,15,23H,9-14,16-17H2,1-2H3,(H,28,35)(H,29,33). The number of nitrogens with zero attached hydrogens (tertiary/aromatic N) is 3. The van der Waals surface area contributed by atoms with E-state index in [1.807, 2.05) is 47.9 Å². The Morgan fingerprint density at radius 2 is 1.80 bits per heavy atom. The van der Waals surface area contributed by atoms with Crippen LogP contribution in [-0.2, 0) is 14.4 Å². The highest BCUT2D eigenvalue weighted by Gasteiger charge is 2.35. The van der Waals surface area contributed by atoms with Crippen LogP contribution in [0.4, 0.5) is 15.8 Å². The average Bonchev–Trinajstić information content (AvgIpc) is 2.83.